The fourth-order valence-corrected chi connectivity index (χ4v) is 4.25. The highest BCUT2D eigenvalue weighted by Gasteiger charge is 2.15. The number of pyridine rings is 1. The number of imidazole rings is 1. The van der Waals surface area contributed by atoms with Gasteiger partial charge in [-0.2, -0.15) is 9.97 Å². The zero-order valence-corrected chi connectivity index (χ0v) is 19.7. The molecule has 0 bridgehead atoms. The van der Waals surface area contributed by atoms with Crippen molar-refractivity contribution in [3.8, 4) is 5.69 Å². The van der Waals surface area contributed by atoms with Gasteiger partial charge in [0.1, 0.15) is 6.33 Å². The second-order valence-electron chi connectivity index (χ2n) is 8.50. The first kappa shape index (κ1) is 22.0. The Balaban J connectivity index is 1.32. The van der Waals surface area contributed by atoms with E-state index in [1.165, 1.54) is 5.69 Å². The van der Waals surface area contributed by atoms with E-state index in [9.17, 15) is 0 Å². The van der Waals surface area contributed by atoms with E-state index < -0.39 is 0 Å². The molecule has 0 radical (unpaired) electrons. The second kappa shape index (κ2) is 10.0. The van der Waals surface area contributed by atoms with Gasteiger partial charge in [0.2, 0.25) is 5.95 Å². The third-order valence-electron chi connectivity index (χ3n) is 6.11. The van der Waals surface area contributed by atoms with Crippen LogP contribution in [0, 0.1) is 0 Å². The van der Waals surface area contributed by atoms with Gasteiger partial charge in [-0.1, -0.05) is 24.3 Å². The first-order valence-electron chi connectivity index (χ1n) is 12.0. The number of para-hydroxylation sites is 1. The van der Waals surface area contributed by atoms with E-state index in [1.807, 2.05) is 53.2 Å². The molecule has 0 spiro atoms. The third kappa shape index (κ3) is 4.69. The number of rotatable bonds is 7. The fraction of sp³-hybridized carbons (Fsp3) is 0.185. The van der Waals surface area contributed by atoms with Gasteiger partial charge < -0.3 is 20.3 Å². The summed E-state index contributed by atoms with van der Waals surface area (Å²) in [6.07, 6.45) is 5.38. The van der Waals surface area contributed by atoms with Crippen LogP contribution in [0.5, 0.6) is 0 Å². The van der Waals surface area contributed by atoms with Crippen LogP contribution in [0.15, 0.2) is 85.5 Å². The molecule has 3 aromatic heterocycles. The molecule has 36 heavy (non-hydrogen) atoms. The predicted molar refractivity (Wildman–Crippen MR) is 141 cm³/mol. The molecule has 5 aromatic rings. The van der Waals surface area contributed by atoms with Crippen LogP contribution in [-0.2, 0) is 11.3 Å². The van der Waals surface area contributed by atoms with E-state index in [4.69, 9.17) is 14.7 Å². The van der Waals surface area contributed by atoms with Crippen molar-refractivity contribution in [2.24, 2.45) is 0 Å². The monoisotopic (exact) mass is 478 g/mol. The molecule has 2 N–H and O–H groups in total. The minimum Gasteiger partial charge on any atom is -0.378 e. The highest BCUT2D eigenvalue weighted by molar-refractivity contribution is 5.86. The van der Waals surface area contributed by atoms with Crippen molar-refractivity contribution in [3.05, 3.63) is 91.0 Å². The number of hydrogen-bond donors (Lipinski definition) is 2. The number of morpholine rings is 1. The molecule has 1 saturated heterocycles. The molecule has 0 atom stereocenters. The Hall–Kier alpha value is -4.50. The molecule has 180 valence electrons. The summed E-state index contributed by atoms with van der Waals surface area (Å²) >= 11 is 0. The van der Waals surface area contributed by atoms with Crippen molar-refractivity contribution in [2.45, 2.75) is 6.54 Å². The van der Waals surface area contributed by atoms with Gasteiger partial charge in [0, 0.05) is 49.1 Å². The smallest absolute Gasteiger partial charge is 0.231 e. The first-order valence-corrected chi connectivity index (χ1v) is 12.0. The number of ether oxygens (including phenoxy) is 1. The van der Waals surface area contributed by atoms with Crippen molar-refractivity contribution in [1.82, 2.24) is 24.5 Å². The maximum atomic E-state index is 5.47. The molecule has 0 unspecified atom stereocenters. The number of fused-ring (bicyclic) bond motifs is 1. The lowest BCUT2D eigenvalue weighted by molar-refractivity contribution is 0.122. The Kier molecular flexibility index (Phi) is 6.11. The Labute approximate surface area is 208 Å². The van der Waals surface area contributed by atoms with Crippen LogP contribution < -0.4 is 15.5 Å². The summed E-state index contributed by atoms with van der Waals surface area (Å²) in [6.45, 7) is 3.91. The van der Waals surface area contributed by atoms with Crippen molar-refractivity contribution < 1.29 is 4.74 Å². The Morgan fingerprint density at radius 2 is 1.69 bits per heavy atom. The van der Waals surface area contributed by atoms with E-state index in [0.717, 1.165) is 48.9 Å². The molecule has 4 heterocycles. The molecule has 1 aliphatic heterocycles. The number of hydrogen-bond acceptors (Lipinski definition) is 8. The molecule has 0 amide bonds. The van der Waals surface area contributed by atoms with E-state index >= 15 is 0 Å². The minimum atomic E-state index is 0.494. The van der Waals surface area contributed by atoms with E-state index in [-0.39, 0.29) is 0 Å². The standard InChI is InChI=1S/C27H26N8O/c1-2-6-23(7-3-1)35-19-30-24-25(29-18-20-5-4-12-28-17-20)32-27(33-26(24)35)31-21-8-10-22(11-9-21)34-13-15-36-16-14-34/h1-12,17,19H,13-16,18H2,(H2,29,31,32,33). The van der Waals surface area contributed by atoms with Crippen LogP contribution in [0.3, 0.4) is 0 Å². The van der Waals surface area contributed by atoms with Gasteiger partial charge in [-0.25, -0.2) is 4.98 Å². The van der Waals surface area contributed by atoms with Gasteiger partial charge in [-0.15, -0.1) is 0 Å². The molecule has 6 rings (SSSR count). The van der Waals surface area contributed by atoms with Crippen LogP contribution in [0.2, 0.25) is 0 Å². The summed E-state index contributed by atoms with van der Waals surface area (Å²) < 4.78 is 7.44. The van der Waals surface area contributed by atoms with Crippen molar-refractivity contribution in [1.29, 1.82) is 0 Å². The summed E-state index contributed by atoms with van der Waals surface area (Å²) in [6, 6.07) is 22.3. The number of benzene rings is 2. The third-order valence-corrected chi connectivity index (χ3v) is 6.11. The van der Waals surface area contributed by atoms with Crippen LogP contribution >= 0.6 is 0 Å². The van der Waals surface area contributed by atoms with Gasteiger partial charge in [-0.3, -0.25) is 9.55 Å². The summed E-state index contributed by atoms with van der Waals surface area (Å²) in [4.78, 5) is 20.8. The van der Waals surface area contributed by atoms with Crippen LogP contribution in [0.25, 0.3) is 16.9 Å². The molecule has 9 heteroatoms. The van der Waals surface area contributed by atoms with Crippen LogP contribution in [-0.4, -0.2) is 50.8 Å². The largest absolute Gasteiger partial charge is 0.378 e. The van der Waals surface area contributed by atoms with Gasteiger partial charge in [-0.05, 0) is 48.0 Å². The maximum Gasteiger partial charge on any atom is 0.231 e. The SMILES string of the molecule is c1ccc(-n2cnc3c(NCc4cccnc4)nc(Nc4ccc(N5CCOCC5)cc4)nc32)cc1. The number of nitrogens with one attached hydrogen (secondary N) is 2. The molecule has 0 aliphatic carbocycles. The Bertz CT molecular complexity index is 1430. The topological polar surface area (TPSA) is 93.0 Å². The summed E-state index contributed by atoms with van der Waals surface area (Å²) in [7, 11) is 0. The molecule has 9 nitrogen and oxygen atoms in total. The predicted octanol–water partition coefficient (Wildman–Crippen LogP) is 4.40. The normalized spacial score (nSPS) is 13.6. The zero-order chi connectivity index (χ0) is 24.2. The summed E-state index contributed by atoms with van der Waals surface area (Å²) in [5.74, 6) is 1.15. The highest BCUT2D eigenvalue weighted by Crippen LogP contribution is 2.26. The lowest BCUT2D eigenvalue weighted by Crippen LogP contribution is -2.36. The van der Waals surface area contributed by atoms with Crippen LogP contribution in [0.1, 0.15) is 5.56 Å². The molecule has 1 fully saturated rings. The zero-order valence-electron chi connectivity index (χ0n) is 19.7. The van der Waals surface area contributed by atoms with Gasteiger partial charge in [0.15, 0.2) is 17.0 Å². The fourth-order valence-electron chi connectivity index (χ4n) is 4.25. The van der Waals surface area contributed by atoms with Crippen molar-refractivity contribution in [2.75, 3.05) is 41.8 Å². The van der Waals surface area contributed by atoms with E-state index in [2.05, 4.69) is 49.8 Å². The average molecular weight is 479 g/mol. The number of anilines is 4. The number of aromatic nitrogens is 5. The van der Waals surface area contributed by atoms with Crippen molar-refractivity contribution in [3.63, 3.8) is 0 Å². The Morgan fingerprint density at radius 3 is 2.47 bits per heavy atom. The lowest BCUT2D eigenvalue weighted by atomic mass is 10.2. The second-order valence-corrected chi connectivity index (χ2v) is 8.50. The molecular weight excluding hydrogens is 452 g/mol. The van der Waals surface area contributed by atoms with Crippen LogP contribution in [0.4, 0.5) is 23.1 Å². The maximum absolute atomic E-state index is 5.47. The summed E-state index contributed by atoms with van der Waals surface area (Å²) in [5.41, 5.74) is 5.56. The molecular formula is C27H26N8O. The van der Waals surface area contributed by atoms with Gasteiger partial charge >= 0.3 is 0 Å². The average Bonchev–Trinajstić information content (AvgIpc) is 3.38. The summed E-state index contributed by atoms with van der Waals surface area (Å²) in [5, 5.41) is 6.80. The van der Waals surface area contributed by atoms with Gasteiger partial charge in [0.05, 0.1) is 13.2 Å². The van der Waals surface area contributed by atoms with Crippen molar-refractivity contribution >= 4 is 34.3 Å². The lowest BCUT2D eigenvalue weighted by Gasteiger charge is -2.28. The highest BCUT2D eigenvalue weighted by atomic mass is 16.5. The minimum absolute atomic E-state index is 0.494. The number of nitrogens with zero attached hydrogens (tertiary/aromatic N) is 6. The molecule has 1 aliphatic rings. The Morgan fingerprint density at radius 1 is 0.861 bits per heavy atom. The first-order chi connectivity index (χ1) is 17.8. The van der Waals surface area contributed by atoms with Gasteiger partial charge in [0.25, 0.3) is 0 Å². The van der Waals surface area contributed by atoms with E-state index in [1.54, 1.807) is 12.5 Å². The molecule has 0 saturated carbocycles. The molecule has 2 aromatic carbocycles. The quantitative estimate of drug-likeness (QED) is 0.356. The van der Waals surface area contributed by atoms with E-state index in [0.29, 0.717) is 23.8 Å².